The van der Waals surface area contributed by atoms with Crippen molar-refractivity contribution in [3.8, 4) is 0 Å². The number of aryl methyl sites for hydroxylation is 1. The molecule has 0 bridgehead atoms. The normalized spacial score (nSPS) is 13.9. The summed E-state index contributed by atoms with van der Waals surface area (Å²) >= 11 is 0. The topological polar surface area (TPSA) is 55.8 Å². The van der Waals surface area contributed by atoms with Crippen molar-refractivity contribution in [2.75, 3.05) is 13.2 Å². The largest absolute Gasteiger partial charge is 0.376 e. The summed E-state index contributed by atoms with van der Waals surface area (Å²) in [5.41, 5.74) is 1.63. The van der Waals surface area contributed by atoms with Gasteiger partial charge in [-0.3, -0.25) is 4.57 Å². The molecule has 0 spiro atoms. The van der Waals surface area contributed by atoms with E-state index in [0.29, 0.717) is 5.56 Å². The third-order valence-corrected chi connectivity index (χ3v) is 4.77. The van der Waals surface area contributed by atoms with Gasteiger partial charge in [-0.15, -0.1) is 0 Å². The first kappa shape index (κ1) is 18.4. The molecule has 4 nitrogen and oxygen atoms in total. The SMILES string of the molecule is Cc1ccc([C@H](O)P(=O)(OCC(C)C)OCC(C)C)cc1. The number of hydrogen-bond acceptors (Lipinski definition) is 4. The lowest BCUT2D eigenvalue weighted by Gasteiger charge is -2.25. The lowest BCUT2D eigenvalue weighted by atomic mass is 10.2. The molecule has 0 radical (unpaired) electrons. The molecule has 0 aromatic heterocycles. The molecule has 0 heterocycles. The van der Waals surface area contributed by atoms with Crippen LogP contribution in [0.25, 0.3) is 0 Å². The molecule has 120 valence electrons. The van der Waals surface area contributed by atoms with Crippen molar-refractivity contribution in [2.45, 2.75) is 40.5 Å². The van der Waals surface area contributed by atoms with Gasteiger partial charge in [0.25, 0.3) is 0 Å². The number of aliphatic hydroxyl groups excluding tert-OH is 1. The number of hydrogen-bond donors (Lipinski definition) is 1. The van der Waals surface area contributed by atoms with Crippen molar-refractivity contribution in [3.63, 3.8) is 0 Å². The zero-order chi connectivity index (χ0) is 16.0. The standard InChI is InChI=1S/C16H27O4P/c1-12(2)10-19-21(18,20-11-13(3)4)16(17)15-8-6-14(5)7-9-15/h6-9,12-13,16-17H,10-11H2,1-5H3/t16-/m1/s1. The Balaban J connectivity index is 2.92. The molecule has 0 aliphatic rings. The van der Waals surface area contributed by atoms with Crippen LogP contribution < -0.4 is 0 Å². The van der Waals surface area contributed by atoms with Crippen molar-refractivity contribution in [1.29, 1.82) is 0 Å². The second-order valence-electron chi connectivity index (χ2n) is 6.20. The van der Waals surface area contributed by atoms with Gasteiger partial charge >= 0.3 is 7.60 Å². The molecule has 0 unspecified atom stereocenters. The minimum Gasteiger partial charge on any atom is -0.376 e. The van der Waals surface area contributed by atoms with Gasteiger partial charge in [0.05, 0.1) is 13.2 Å². The Morgan fingerprint density at radius 1 is 1.00 bits per heavy atom. The minimum atomic E-state index is -3.60. The van der Waals surface area contributed by atoms with Gasteiger partial charge in [0.1, 0.15) is 0 Å². The number of aliphatic hydroxyl groups is 1. The summed E-state index contributed by atoms with van der Waals surface area (Å²) in [6.07, 6.45) is 0. The number of benzene rings is 1. The van der Waals surface area contributed by atoms with Gasteiger partial charge in [-0.1, -0.05) is 57.5 Å². The Bertz CT molecular complexity index is 452. The summed E-state index contributed by atoms with van der Waals surface area (Å²) in [5.74, 6) is -0.826. The van der Waals surface area contributed by atoms with Crippen LogP contribution >= 0.6 is 7.60 Å². The molecule has 0 amide bonds. The lowest BCUT2D eigenvalue weighted by molar-refractivity contribution is 0.124. The van der Waals surface area contributed by atoms with Gasteiger partial charge < -0.3 is 14.2 Å². The molecule has 0 aliphatic heterocycles. The van der Waals surface area contributed by atoms with E-state index in [9.17, 15) is 9.67 Å². The van der Waals surface area contributed by atoms with E-state index in [4.69, 9.17) is 9.05 Å². The van der Waals surface area contributed by atoms with Crippen molar-refractivity contribution in [1.82, 2.24) is 0 Å². The van der Waals surface area contributed by atoms with Crippen LogP contribution in [0.2, 0.25) is 0 Å². The third kappa shape index (κ3) is 5.91. The highest BCUT2D eigenvalue weighted by atomic mass is 31.2. The molecular formula is C16H27O4P. The van der Waals surface area contributed by atoms with E-state index < -0.39 is 13.4 Å². The molecule has 21 heavy (non-hydrogen) atoms. The summed E-state index contributed by atoms with van der Waals surface area (Å²) in [6.45, 7) is 10.4. The maximum atomic E-state index is 12.9. The highest BCUT2D eigenvalue weighted by Crippen LogP contribution is 2.60. The molecule has 5 heteroatoms. The van der Waals surface area contributed by atoms with Gasteiger partial charge in [0, 0.05) is 0 Å². The van der Waals surface area contributed by atoms with Crippen LogP contribution in [0.1, 0.15) is 44.7 Å². The van der Waals surface area contributed by atoms with Crippen molar-refractivity contribution in [2.24, 2.45) is 11.8 Å². The van der Waals surface area contributed by atoms with Gasteiger partial charge in [0.15, 0.2) is 5.85 Å². The second-order valence-corrected chi connectivity index (χ2v) is 8.29. The van der Waals surface area contributed by atoms with Crippen molar-refractivity contribution < 1.29 is 18.7 Å². The smallest absolute Gasteiger partial charge is 0.363 e. The molecule has 1 aromatic rings. The fourth-order valence-electron chi connectivity index (χ4n) is 1.61. The van der Waals surface area contributed by atoms with E-state index in [1.807, 2.05) is 46.8 Å². The highest BCUT2D eigenvalue weighted by molar-refractivity contribution is 7.54. The highest BCUT2D eigenvalue weighted by Gasteiger charge is 2.36. The monoisotopic (exact) mass is 314 g/mol. The average molecular weight is 314 g/mol. The summed E-state index contributed by atoms with van der Waals surface area (Å²) in [4.78, 5) is 0. The van der Waals surface area contributed by atoms with E-state index in [2.05, 4.69) is 0 Å². The molecule has 0 aliphatic carbocycles. The molecule has 0 fully saturated rings. The van der Waals surface area contributed by atoms with Crippen LogP contribution in [0.5, 0.6) is 0 Å². The number of rotatable bonds is 8. The Labute approximate surface area is 128 Å². The molecule has 1 N–H and O–H groups in total. The summed E-state index contributed by atoms with van der Waals surface area (Å²) in [5, 5.41) is 10.4. The molecule has 1 rings (SSSR count). The van der Waals surface area contributed by atoms with Crippen molar-refractivity contribution in [3.05, 3.63) is 35.4 Å². The molecule has 1 atom stereocenters. The average Bonchev–Trinajstić information content (AvgIpc) is 2.43. The van der Waals surface area contributed by atoms with E-state index in [-0.39, 0.29) is 25.0 Å². The van der Waals surface area contributed by atoms with Crippen LogP contribution in [-0.4, -0.2) is 18.3 Å². The van der Waals surface area contributed by atoms with E-state index in [1.54, 1.807) is 12.1 Å². The van der Waals surface area contributed by atoms with E-state index >= 15 is 0 Å². The summed E-state index contributed by atoms with van der Waals surface area (Å²) in [7, 11) is -3.60. The van der Waals surface area contributed by atoms with Gasteiger partial charge in [0.2, 0.25) is 0 Å². The second kappa shape index (κ2) is 8.09. The minimum absolute atomic E-state index is 0.214. The summed E-state index contributed by atoms with van der Waals surface area (Å²) < 4.78 is 23.9. The van der Waals surface area contributed by atoms with Crippen LogP contribution in [0.4, 0.5) is 0 Å². The predicted molar refractivity (Wildman–Crippen MR) is 85.3 cm³/mol. The first-order chi connectivity index (χ1) is 9.74. The van der Waals surface area contributed by atoms with Crippen LogP contribution in [0.15, 0.2) is 24.3 Å². The Morgan fingerprint density at radius 3 is 1.81 bits per heavy atom. The fraction of sp³-hybridized carbons (Fsp3) is 0.625. The van der Waals surface area contributed by atoms with Gasteiger partial charge in [-0.25, -0.2) is 0 Å². The molecule has 0 saturated carbocycles. The maximum Gasteiger partial charge on any atom is 0.363 e. The lowest BCUT2D eigenvalue weighted by Crippen LogP contribution is -2.11. The maximum absolute atomic E-state index is 12.9. The summed E-state index contributed by atoms with van der Waals surface area (Å²) in [6, 6.07) is 7.25. The van der Waals surface area contributed by atoms with Crippen LogP contribution in [0, 0.1) is 18.8 Å². The molecule has 1 aromatic carbocycles. The van der Waals surface area contributed by atoms with E-state index in [0.717, 1.165) is 5.56 Å². The van der Waals surface area contributed by atoms with Gasteiger partial charge in [-0.05, 0) is 24.3 Å². The first-order valence-electron chi connectivity index (χ1n) is 7.38. The zero-order valence-corrected chi connectivity index (χ0v) is 14.5. The zero-order valence-electron chi connectivity index (χ0n) is 13.6. The predicted octanol–water partition coefficient (Wildman–Crippen LogP) is 4.52. The quantitative estimate of drug-likeness (QED) is 0.717. The van der Waals surface area contributed by atoms with Gasteiger partial charge in [-0.2, -0.15) is 0 Å². The molecular weight excluding hydrogens is 287 g/mol. The Kier molecular flexibility index (Phi) is 7.08. The Hall–Kier alpha value is -0.670. The Morgan fingerprint density at radius 2 is 1.43 bits per heavy atom. The van der Waals surface area contributed by atoms with Crippen LogP contribution in [-0.2, 0) is 13.6 Å². The van der Waals surface area contributed by atoms with E-state index in [1.165, 1.54) is 0 Å². The van der Waals surface area contributed by atoms with Crippen molar-refractivity contribution >= 4 is 7.60 Å². The third-order valence-electron chi connectivity index (χ3n) is 2.85. The fourth-order valence-corrected chi connectivity index (χ4v) is 3.51. The molecule has 0 saturated heterocycles. The van der Waals surface area contributed by atoms with Crippen LogP contribution in [0.3, 0.4) is 0 Å². The first-order valence-corrected chi connectivity index (χ1v) is 8.99.